The molecule has 2 rings (SSSR count). The Hall–Kier alpha value is -2.99. The van der Waals surface area contributed by atoms with Crippen molar-refractivity contribution in [3.63, 3.8) is 0 Å². The van der Waals surface area contributed by atoms with Gasteiger partial charge in [0, 0.05) is 5.56 Å². The summed E-state index contributed by atoms with van der Waals surface area (Å²) in [6.45, 7) is 4.53. The van der Waals surface area contributed by atoms with Gasteiger partial charge in [-0.15, -0.1) is 18.0 Å². The first-order valence-electron chi connectivity index (χ1n) is 9.40. The Balaban J connectivity index is 2.12. The van der Waals surface area contributed by atoms with E-state index in [4.69, 9.17) is 9.47 Å². The van der Waals surface area contributed by atoms with Gasteiger partial charge in [-0.05, 0) is 42.7 Å². The predicted octanol–water partition coefficient (Wildman–Crippen LogP) is 3.64. The number of hydrazine groups is 1. The van der Waals surface area contributed by atoms with Gasteiger partial charge in [-0.1, -0.05) is 26.0 Å². The van der Waals surface area contributed by atoms with E-state index < -0.39 is 32.9 Å². The van der Waals surface area contributed by atoms with E-state index in [0.717, 1.165) is 18.6 Å². The maximum Gasteiger partial charge on any atom is 0.573 e. The molecule has 0 spiro atoms. The topological polar surface area (TPSA) is 103 Å². The smallest absolute Gasteiger partial charge is 0.493 e. The number of amides is 1. The van der Waals surface area contributed by atoms with Gasteiger partial charge in [0.2, 0.25) is 0 Å². The monoisotopic (exact) mass is 476 g/mol. The summed E-state index contributed by atoms with van der Waals surface area (Å²) in [6.07, 6.45) is -4.28. The van der Waals surface area contributed by atoms with Gasteiger partial charge in [0.15, 0.2) is 11.5 Å². The molecule has 8 nitrogen and oxygen atoms in total. The SMILES string of the molecule is COc1cc(C(=O)NNS(=O)(=O)c2ccccc2OC(F)(F)F)ccc1OCCC(C)C. The lowest BCUT2D eigenvalue weighted by molar-refractivity contribution is -0.275. The van der Waals surface area contributed by atoms with E-state index in [1.807, 2.05) is 19.3 Å². The zero-order valence-corrected chi connectivity index (χ0v) is 18.3. The number of rotatable bonds is 10. The molecule has 12 heteroatoms. The van der Waals surface area contributed by atoms with Crippen LogP contribution in [-0.4, -0.2) is 34.4 Å². The first-order valence-corrected chi connectivity index (χ1v) is 10.9. The van der Waals surface area contributed by atoms with Crippen LogP contribution in [-0.2, 0) is 10.0 Å². The number of nitrogens with one attached hydrogen (secondary N) is 2. The number of methoxy groups -OCH3 is 1. The number of ether oxygens (including phenoxy) is 3. The minimum Gasteiger partial charge on any atom is -0.493 e. The van der Waals surface area contributed by atoms with E-state index in [1.54, 1.807) is 4.83 Å². The Morgan fingerprint density at radius 3 is 2.38 bits per heavy atom. The number of benzene rings is 2. The summed E-state index contributed by atoms with van der Waals surface area (Å²) in [6, 6.07) is 8.36. The van der Waals surface area contributed by atoms with Gasteiger partial charge < -0.3 is 14.2 Å². The van der Waals surface area contributed by atoms with Gasteiger partial charge in [-0.25, -0.2) is 8.42 Å². The van der Waals surface area contributed by atoms with Gasteiger partial charge in [0.25, 0.3) is 15.9 Å². The molecular formula is C20H23F3N2O6S. The summed E-state index contributed by atoms with van der Waals surface area (Å²) < 4.78 is 77.0. The van der Waals surface area contributed by atoms with E-state index >= 15 is 0 Å². The molecule has 0 aliphatic rings. The molecule has 0 radical (unpaired) electrons. The predicted molar refractivity (Wildman–Crippen MR) is 109 cm³/mol. The fourth-order valence-corrected chi connectivity index (χ4v) is 3.42. The number of halogens is 3. The largest absolute Gasteiger partial charge is 0.573 e. The molecule has 2 aromatic rings. The Kier molecular flexibility index (Phi) is 8.33. The van der Waals surface area contributed by atoms with Crippen molar-refractivity contribution in [2.24, 2.45) is 5.92 Å². The van der Waals surface area contributed by atoms with Crippen LogP contribution in [0.3, 0.4) is 0 Å². The summed E-state index contributed by atoms with van der Waals surface area (Å²) in [5.41, 5.74) is 1.97. The fourth-order valence-electron chi connectivity index (χ4n) is 2.45. The molecule has 0 heterocycles. The lowest BCUT2D eigenvalue weighted by Crippen LogP contribution is -2.41. The third kappa shape index (κ3) is 7.31. The molecule has 0 bridgehead atoms. The zero-order valence-electron chi connectivity index (χ0n) is 17.5. The van der Waals surface area contributed by atoms with Crippen molar-refractivity contribution >= 4 is 15.9 Å². The molecule has 1 amide bonds. The van der Waals surface area contributed by atoms with Crippen molar-refractivity contribution in [3.05, 3.63) is 48.0 Å². The molecule has 0 aliphatic carbocycles. The van der Waals surface area contributed by atoms with Crippen LogP contribution in [0.15, 0.2) is 47.4 Å². The minimum atomic E-state index is -5.09. The average Bonchev–Trinajstić information content (AvgIpc) is 2.71. The van der Waals surface area contributed by atoms with Crippen molar-refractivity contribution in [2.45, 2.75) is 31.5 Å². The lowest BCUT2D eigenvalue weighted by atomic mass is 10.1. The maximum absolute atomic E-state index is 12.5. The number of alkyl halides is 3. The highest BCUT2D eigenvalue weighted by Gasteiger charge is 2.34. The number of carbonyl (C=O) groups is 1. The third-order valence-electron chi connectivity index (χ3n) is 4.04. The van der Waals surface area contributed by atoms with Crippen LogP contribution >= 0.6 is 0 Å². The van der Waals surface area contributed by atoms with E-state index in [9.17, 15) is 26.4 Å². The van der Waals surface area contributed by atoms with Crippen molar-refractivity contribution in [3.8, 4) is 17.2 Å². The maximum atomic E-state index is 12.5. The molecule has 0 aromatic heterocycles. The van der Waals surface area contributed by atoms with Crippen molar-refractivity contribution in [1.29, 1.82) is 0 Å². The minimum absolute atomic E-state index is 0.0283. The van der Waals surface area contributed by atoms with Gasteiger partial charge in [-0.3, -0.25) is 10.2 Å². The summed E-state index contributed by atoms with van der Waals surface area (Å²) >= 11 is 0. The van der Waals surface area contributed by atoms with Crippen LogP contribution in [0, 0.1) is 5.92 Å². The molecule has 0 aliphatic heterocycles. The Morgan fingerprint density at radius 2 is 1.75 bits per heavy atom. The number of para-hydroxylation sites is 1. The molecule has 0 saturated heterocycles. The van der Waals surface area contributed by atoms with Crippen molar-refractivity contribution in [2.75, 3.05) is 13.7 Å². The molecule has 2 N–H and O–H groups in total. The fraction of sp³-hybridized carbons (Fsp3) is 0.350. The standard InChI is InChI=1S/C20H23F3N2O6S/c1-13(2)10-11-30-15-9-8-14(12-17(15)29-3)19(26)24-25-32(27,28)18-7-5-4-6-16(18)31-20(21,22)23/h4-9,12-13,25H,10-11H2,1-3H3,(H,24,26). The van der Waals surface area contributed by atoms with Gasteiger partial charge >= 0.3 is 6.36 Å². The molecule has 2 aromatic carbocycles. The Labute approximate surface area is 183 Å². The highest BCUT2D eigenvalue weighted by atomic mass is 32.2. The van der Waals surface area contributed by atoms with Crippen molar-refractivity contribution < 1.29 is 40.6 Å². The first kappa shape index (κ1) is 25.3. The number of hydrogen-bond donors (Lipinski definition) is 2. The highest BCUT2D eigenvalue weighted by Crippen LogP contribution is 2.30. The Bertz CT molecular complexity index is 1040. The second-order valence-electron chi connectivity index (χ2n) is 6.95. The van der Waals surface area contributed by atoms with E-state index in [2.05, 4.69) is 4.74 Å². The molecule has 0 fully saturated rings. The second-order valence-corrected chi connectivity index (χ2v) is 8.60. The van der Waals surface area contributed by atoms with E-state index in [0.29, 0.717) is 18.3 Å². The van der Waals surface area contributed by atoms with Gasteiger partial charge in [0.1, 0.15) is 10.6 Å². The Morgan fingerprint density at radius 1 is 1.06 bits per heavy atom. The summed E-state index contributed by atoms with van der Waals surface area (Å²) in [5.74, 6) is -0.705. The molecule has 0 saturated carbocycles. The number of carbonyl (C=O) groups excluding carboxylic acids is 1. The summed E-state index contributed by atoms with van der Waals surface area (Å²) in [5, 5.41) is 0. The zero-order chi connectivity index (χ0) is 23.9. The summed E-state index contributed by atoms with van der Waals surface area (Å²) in [4.78, 5) is 13.3. The van der Waals surface area contributed by atoms with Gasteiger partial charge in [-0.2, -0.15) is 0 Å². The summed E-state index contributed by atoms with van der Waals surface area (Å²) in [7, 11) is -3.19. The third-order valence-corrected chi connectivity index (χ3v) is 5.33. The molecule has 176 valence electrons. The molecule has 0 atom stereocenters. The van der Waals surface area contributed by atoms with Crippen LogP contribution < -0.4 is 24.5 Å². The molecule has 0 unspecified atom stereocenters. The second kappa shape index (κ2) is 10.6. The molecule has 32 heavy (non-hydrogen) atoms. The molecular weight excluding hydrogens is 453 g/mol. The van der Waals surface area contributed by atoms with Crippen LogP contribution in [0.2, 0.25) is 0 Å². The van der Waals surface area contributed by atoms with Crippen LogP contribution in [0.4, 0.5) is 13.2 Å². The quantitative estimate of drug-likeness (QED) is 0.508. The van der Waals surface area contributed by atoms with Gasteiger partial charge in [0.05, 0.1) is 13.7 Å². The normalized spacial score (nSPS) is 11.8. The average molecular weight is 476 g/mol. The lowest BCUT2D eigenvalue weighted by Gasteiger charge is -2.15. The van der Waals surface area contributed by atoms with Crippen LogP contribution in [0.25, 0.3) is 0 Å². The number of hydrogen-bond acceptors (Lipinski definition) is 6. The first-order chi connectivity index (χ1) is 14.9. The van der Waals surface area contributed by atoms with Crippen LogP contribution in [0.1, 0.15) is 30.6 Å². The van der Waals surface area contributed by atoms with E-state index in [-0.39, 0.29) is 11.3 Å². The van der Waals surface area contributed by atoms with Crippen molar-refractivity contribution in [1.82, 2.24) is 10.3 Å². The van der Waals surface area contributed by atoms with Crippen LogP contribution in [0.5, 0.6) is 17.2 Å². The highest BCUT2D eigenvalue weighted by molar-refractivity contribution is 7.89. The van der Waals surface area contributed by atoms with E-state index in [1.165, 1.54) is 37.4 Å². The number of sulfonamides is 1.